The highest BCUT2D eigenvalue weighted by Gasteiger charge is 2.24. The summed E-state index contributed by atoms with van der Waals surface area (Å²) in [6.07, 6.45) is 9.67. The van der Waals surface area contributed by atoms with Crippen LogP contribution in [0.3, 0.4) is 0 Å². The van der Waals surface area contributed by atoms with E-state index < -0.39 is 0 Å². The summed E-state index contributed by atoms with van der Waals surface area (Å²) in [7, 11) is 0. The minimum absolute atomic E-state index is 0.777. The molecule has 0 fully saturated rings. The molecule has 0 bridgehead atoms. The van der Waals surface area contributed by atoms with Crippen LogP contribution in [0.15, 0.2) is 109 Å². The van der Waals surface area contributed by atoms with Gasteiger partial charge in [-0.25, -0.2) is 9.97 Å². The fourth-order valence-electron chi connectivity index (χ4n) is 8.20. The average Bonchev–Trinajstić information content (AvgIpc) is 3.20. The first kappa shape index (κ1) is 36.9. The van der Waals surface area contributed by atoms with Crippen molar-refractivity contribution in [2.75, 3.05) is 23.3 Å². The molecule has 6 aromatic carbocycles. The molecule has 8 aromatic rings. The lowest BCUT2D eigenvalue weighted by Crippen LogP contribution is -2.34. The highest BCUT2D eigenvalue weighted by molar-refractivity contribution is 5.88. The maximum absolute atomic E-state index is 6.42. The number of nitrogen functional groups attached to an aromatic ring is 2. The Hall–Kier alpha value is -6.08. The van der Waals surface area contributed by atoms with Gasteiger partial charge in [-0.15, -0.1) is 9.13 Å². The van der Waals surface area contributed by atoms with Crippen LogP contribution in [0.2, 0.25) is 0 Å². The summed E-state index contributed by atoms with van der Waals surface area (Å²) < 4.78 is 4.64. The Labute approximate surface area is 330 Å². The first-order valence-electron chi connectivity index (χ1n) is 20.2. The summed E-state index contributed by atoms with van der Waals surface area (Å²) >= 11 is 0. The smallest absolute Gasteiger partial charge is 0.240 e. The molecule has 7 heteroatoms. The van der Waals surface area contributed by atoms with Gasteiger partial charge in [-0.05, 0) is 93.5 Å². The number of benzene rings is 6. The zero-order chi connectivity index (χ0) is 38.8. The summed E-state index contributed by atoms with van der Waals surface area (Å²) in [6, 6.07) is 38.4. The van der Waals surface area contributed by atoms with Gasteiger partial charge in [-0.3, -0.25) is 0 Å². The summed E-state index contributed by atoms with van der Waals surface area (Å²) in [5.74, 6) is 0. The molecule has 0 saturated carbocycles. The van der Waals surface area contributed by atoms with E-state index in [-0.39, 0.29) is 0 Å². The molecule has 282 valence electrons. The molecule has 0 spiro atoms. The Bertz CT molecular complexity index is 2680. The lowest BCUT2D eigenvalue weighted by Gasteiger charge is -2.12. The van der Waals surface area contributed by atoms with Gasteiger partial charge in [0.2, 0.25) is 33.4 Å². The van der Waals surface area contributed by atoms with Crippen molar-refractivity contribution in [2.45, 2.75) is 79.1 Å². The van der Waals surface area contributed by atoms with Crippen molar-refractivity contribution in [2.24, 2.45) is 0 Å². The standard InChI is InChI=1S/C49H51N7/c1-32-26-43-46(29-39(32)50)55(37-19-13-10-14-20-37)48-31-42(34(3)28-45(48)54-43)52-25-17-9-7-5-6-8-12-18-36-23-24-41-49(35(36)4)56(38-21-15-11-16-22-38)47-30-40(51)33(2)27-44(47)53-41/h10-11,13-16,19-24,26-31,51H,5-9,12,17-18,25H2,1-4H3,(H2,50,52)/p+2. The van der Waals surface area contributed by atoms with Gasteiger partial charge in [-0.1, -0.05) is 74.6 Å². The minimum atomic E-state index is 0.777. The Morgan fingerprint density at radius 3 is 1.62 bits per heavy atom. The van der Waals surface area contributed by atoms with Gasteiger partial charge in [0.25, 0.3) is 0 Å². The summed E-state index contributed by atoms with van der Waals surface area (Å²) in [5, 5.41) is 3.75. The quantitative estimate of drug-likeness (QED) is 0.0473. The van der Waals surface area contributed by atoms with Crippen molar-refractivity contribution in [1.82, 2.24) is 9.97 Å². The number of nitrogens with zero attached hydrogens (tertiary/aromatic N) is 4. The van der Waals surface area contributed by atoms with Crippen molar-refractivity contribution >= 4 is 61.2 Å². The normalized spacial score (nSPS) is 11.6. The maximum atomic E-state index is 6.42. The number of nitrogens with two attached hydrogens (primary N) is 2. The van der Waals surface area contributed by atoms with Gasteiger partial charge >= 0.3 is 0 Å². The van der Waals surface area contributed by atoms with E-state index in [4.69, 9.17) is 21.4 Å². The first-order valence-corrected chi connectivity index (χ1v) is 20.2. The zero-order valence-electron chi connectivity index (χ0n) is 33.2. The van der Waals surface area contributed by atoms with Gasteiger partial charge in [-0.2, -0.15) is 0 Å². The third-order valence-corrected chi connectivity index (χ3v) is 11.5. The number of hydrogen-bond acceptors (Lipinski definition) is 5. The topological polar surface area (TPSA) is 97.6 Å². The third kappa shape index (κ3) is 7.34. The number of hydrogen-bond donors (Lipinski definition) is 3. The zero-order valence-corrected chi connectivity index (χ0v) is 33.2. The molecule has 0 unspecified atom stereocenters. The molecular weight excluding hydrogens is 687 g/mol. The van der Waals surface area contributed by atoms with Crippen molar-refractivity contribution in [3.05, 3.63) is 137 Å². The van der Waals surface area contributed by atoms with Gasteiger partial charge < -0.3 is 16.8 Å². The van der Waals surface area contributed by atoms with E-state index in [9.17, 15) is 0 Å². The molecule has 5 N–H and O–H groups in total. The lowest BCUT2D eigenvalue weighted by atomic mass is 9.99. The number of fused-ring (bicyclic) bond motifs is 4. The van der Waals surface area contributed by atoms with E-state index in [0.717, 1.165) is 103 Å². The number of nitrogens with one attached hydrogen (secondary N) is 1. The molecule has 0 radical (unpaired) electrons. The lowest BCUT2D eigenvalue weighted by molar-refractivity contribution is -0.538. The summed E-state index contributed by atoms with van der Waals surface area (Å²) in [5.41, 5.74) is 31.9. The SMILES string of the molecule is Cc1cc2nc3cc(C)c(NCCCCCCCCCc4ccc5nc6cc(C)c(N)cc6[n+](-c6ccccc6)c5c4C)cc3[n+](-c3ccccc3)c2cc1N. The monoisotopic (exact) mass is 739 g/mol. The number of unbranched alkanes of at least 4 members (excludes halogenated alkanes) is 6. The molecule has 56 heavy (non-hydrogen) atoms. The van der Waals surface area contributed by atoms with Crippen molar-refractivity contribution in [3.63, 3.8) is 0 Å². The van der Waals surface area contributed by atoms with Crippen LogP contribution < -0.4 is 25.9 Å². The molecule has 0 atom stereocenters. The van der Waals surface area contributed by atoms with E-state index in [1.807, 2.05) is 13.8 Å². The van der Waals surface area contributed by atoms with Crippen molar-refractivity contribution in [3.8, 4) is 11.4 Å². The maximum Gasteiger partial charge on any atom is 0.240 e. The molecule has 0 aliphatic heterocycles. The Morgan fingerprint density at radius 1 is 0.500 bits per heavy atom. The Kier molecular flexibility index (Phi) is 10.5. The van der Waals surface area contributed by atoms with Crippen LogP contribution in [-0.4, -0.2) is 16.5 Å². The highest BCUT2D eigenvalue weighted by Crippen LogP contribution is 2.28. The predicted octanol–water partition coefficient (Wildman–Crippen LogP) is 10.4. The second-order valence-corrected chi connectivity index (χ2v) is 15.5. The third-order valence-electron chi connectivity index (χ3n) is 11.5. The van der Waals surface area contributed by atoms with Crippen LogP contribution in [0, 0.1) is 27.7 Å². The van der Waals surface area contributed by atoms with E-state index in [2.05, 4.69) is 137 Å². The van der Waals surface area contributed by atoms with Crippen molar-refractivity contribution in [1.29, 1.82) is 0 Å². The van der Waals surface area contributed by atoms with E-state index in [1.54, 1.807) is 0 Å². The largest absolute Gasteiger partial charge is 0.398 e. The number of aromatic nitrogens is 4. The van der Waals surface area contributed by atoms with E-state index in [0.29, 0.717) is 0 Å². The molecule has 0 amide bonds. The van der Waals surface area contributed by atoms with Crippen LogP contribution in [0.4, 0.5) is 17.1 Å². The highest BCUT2D eigenvalue weighted by atomic mass is 15.0. The molecule has 0 aliphatic carbocycles. The Morgan fingerprint density at radius 2 is 1.00 bits per heavy atom. The Balaban J connectivity index is 0.869. The van der Waals surface area contributed by atoms with Crippen molar-refractivity contribution < 1.29 is 9.13 Å². The van der Waals surface area contributed by atoms with Gasteiger partial charge in [0, 0.05) is 71.6 Å². The average molecular weight is 740 g/mol. The first-order chi connectivity index (χ1) is 27.3. The van der Waals surface area contributed by atoms with Gasteiger partial charge in [0.15, 0.2) is 0 Å². The predicted molar refractivity (Wildman–Crippen MR) is 234 cm³/mol. The van der Waals surface area contributed by atoms with Crippen LogP contribution >= 0.6 is 0 Å². The molecule has 7 nitrogen and oxygen atoms in total. The fraction of sp³-hybridized carbons (Fsp3) is 0.265. The number of para-hydroxylation sites is 2. The summed E-state index contributed by atoms with van der Waals surface area (Å²) in [4.78, 5) is 10.2. The molecule has 8 rings (SSSR count). The number of rotatable bonds is 13. The van der Waals surface area contributed by atoms with Gasteiger partial charge in [0.1, 0.15) is 22.1 Å². The molecule has 2 heterocycles. The van der Waals surface area contributed by atoms with Crippen LogP contribution in [0.25, 0.3) is 55.5 Å². The van der Waals surface area contributed by atoms with Crippen LogP contribution in [0.5, 0.6) is 0 Å². The van der Waals surface area contributed by atoms with E-state index in [1.165, 1.54) is 55.2 Å². The number of anilines is 3. The fourth-order valence-corrected chi connectivity index (χ4v) is 8.20. The van der Waals surface area contributed by atoms with Crippen LogP contribution in [0.1, 0.15) is 72.8 Å². The molecule has 2 aromatic heterocycles. The van der Waals surface area contributed by atoms with Gasteiger partial charge in [0.05, 0.1) is 0 Å². The molecule has 0 aliphatic rings. The second-order valence-electron chi connectivity index (χ2n) is 15.5. The molecular formula is C49H53N7+2. The number of aryl methyl sites for hydroxylation is 5. The summed E-state index contributed by atoms with van der Waals surface area (Å²) in [6.45, 7) is 9.46. The van der Waals surface area contributed by atoms with Crippen LogP contribution in [-0.2, 0) is 6.42 Å². The minimum Gasteiger partial charge on any atom is -0.398 e. The van der Waals surface area contributed by atoms with E-state index >= 15 is 0 Å². The second kappa shape index (κ2) is 16.0. The molecule has 0 saturated heterocycles.